The topological polar surface area (TPSA) is 79.0 Å². The van der Waals surface area contributed by atoms with E-state index < -0.39 is 0 Å². The number of rotatable bonds is 3. The van der Waals surface area contributed by atoms with Crippen molar-refractivity contribution < 1.29 is 9.53 Å². The number of fused-ring (bicyclic) bond motifs is 1. The molecular weight excluding hydrogens is 244 g/mol. The summed E-state index contributed by atoms with van der Waals surface area (Å²) < 4.78 is 5.45. The fourth-order valence-corrected chi connectivity index (χ4v) is 2.26. The van der Waals surface area contributed by atoms with Crippen LogP contribution in [0.5, 0.6) is 0 Å². The largest absolute Gasteiger partial charge is 0.376 e. The highest BCUT2D eigenvalue weighted by atomic mass is 16.5. The number of nitrogens with one attached hydrogen (secondary N) is 3. The first-order valence-electron chi connectivity index (χ1n) is 6.41. The summed E-state index contributed by atoms with van der Waals surface area (Å²) in [5.74, 6) is 0. The lowest BCUT2D eigenvalue weighted by molar-refractivity contribution is 0.112. The van der Waals surface area contributed by atoms with Crippen molar-refractivity contribution in [2.24, 2.45) is 0 Å². The first-order chi connectivity index (χ1) is 9.33. The van der Waals surface area contributed by atoms with Crippen molar-refractivity contribution >= 4 is 22.6 Å². The predicted molar refractivity (Wildman–Crippen MR) is 72.1 cm³/mol. The van der Waals surface area contributed by atoms with E-state index in [0.29, 0.717) is 6.54 Å². The van der Waals surface area contributed by atoms with E-state index in [4.69, 9.17) is 4.74 Å². The summed E-state index contributed by atoms with van der Waals surface area (Å²) in [6.07, 6.45) is 3.93. The van der Waals surface area contributed by atoms with Crippen LogP contribution in [0.1, 0.15) is 12.8 Å². The summed E-state index contributed by atoms with van der Waals surface area (Å²) in [6.45, 7) is 1.34. The fourth-order valence-electron chi connectivity index (χ4n) is 2.26. The first-order valence-corrected chi connectivity index (χ1v) is 6.41. The Morgan fingerprint density at radius 3 is 3.32 bits per heavy atom. The summed E-state index contributed by atoms with van der Waals surface area (Å²) in [4.78, 5) is 11.8. The molecule has 100 valence electrons. The minimum absolute atomic E-state index is 0.149. The molecule has 6 nitrogen and oxygen atoms in total. The van der Waals surface area contributed by atoms with Crippen LogP contribution in [0.3, 0.4) is 0 Å². The van der Waals surface area contributed by atoms with Crippen LogP contribution >= 0.6 is 0 Å². The van der Waals surface area contributed by atoms with Crippen LogP contribution in [0, 0.1) is 0 Å². The Labute approximate surface area is 110 Å². The minimum atomic E-state index is -0.218. The molecule has 6 heteroatoms. The van der Waals surface area contributed by atoms with Gasteiger partial charge in [0.1, 0.15) is 0 Å². The zero-order chi connectivity index (χ0) is 13.1. The molecule has 0 unspecified atom stereocenters. The molecule has 2 amide bonds. The molecule has 2 aromatic rings. The highest BCUT2D eigenvalue weighted by Crippen LogP contribution is 2.20. The van der Waals surface area contributed by atoms with E-state index in [0.717, 1.165) is 36.0 Å². The Morgan fingerprint density at radius 2 is 2.47 bits per heavy atom. The lowest BCUT2D eigenvalue weighted by atomic mass is 10.2. The summed E-state index contributed by atoms with van der Waals surface area (Å²) >= 11 is 0. The number of aromatic nitrogens is 2. The monoisotopic (exact) mass is 260 g/mol. The highest BCUT2D eigenvalue weighted by Gasteiger charge is 2.16. The van der Waals surface area contributed by atoms with E-state index in [1.165, 1.54) is 0 Å². The molecule has 19 heavy (non-hydrogen) atoms. The number of benzene rings is 1. The number of nitrogens with zero attached hydrogens (tertiary/aromatic N) is 1. The molecule has 1 saturated heterocycles. The summed E-state index contributed by atoms with van der Waals surface area (Å²) in [5, 5.41) is 13.4. The van der Waals surface area contributed by atoms with Crippen molar-refractivity contribution in [2.45, 2.75) is 18.9 Å². The smallest absolute Gasteiger partial charge is 0.319 e. The molecule has 1 atom stereocenters. The Morgan fingerprint density at radius 1 is 1.53 bits per heavy atom. The van der Waals surface area contributed by atoms with E-state index in [1.807, 2.05) is 18.2 Å². The molecule has 1 fully saturated rings. The number of carbonyl (C=O) groups is 1. The molecule has 2 heterocycles. The predicted octanol–water partition coefficient (Wildman–Crippen LogP) is 1.86. The lowest BCUT2D eigenvalue weighted by Gasteiger charge is -2.12. The number of amides is 2. The first kappa shape index (κ1) is 12.0. The quantitative estimate of drug-likeness (QED) is 0.788. The fraction of sp³-hybridized carbons (Fsp3) is 0.385. The van der Waals surface area contributed by atoms with Gasteiger partial charge in [-0.25, -0.2) is 4.79 Å². The second-order valence-electron chi connectivity index (χ2n) is 4.61. The SMILES string of the molecule is O=C(NC[C@H]1CCCO1)Nc1cccc2[nH]ncc12. The Hall–Kier alpha value is -2.08. The van der Waals surface area contributed by atoms with Crippen LogP contribution in [0.2, 0.25) is 0 Å². The molecule has 3 N–H and O–H groups in total. The number of ether oxygens (including phenoxy) is 1. The maximum Gasteiger partial charge on any atom is 0.319 e. The number of aromatic amines is 1. The van der Waals surface area contributed by atoms with E-state index in [1.54, 1.807) is 6.20 Å². The number of carbonyl (C=O) groups excluding carboxylic acids is 1. The van der Waals surface area contributed by atoms with Crippen LogP contribution in [0.25, 0.3) is 10.9 Å². The number of H-pyrrole nitrogens is 1. The van der Waals surface area contributed by atoms with Gasteiger partial charge in [0.15, 0.2) is 0 Å². The molecule has 1 aliphatic rings. The van der Waals surface area contributed by atoms with E-state index in [2.05, 4.69) is 20.8 Å². The Bertz CT molecular complexity index is 575. The molecule has 0 aliphatic carbocycles. The lowest BCUT2D eigenvalue weighted by Crippen LogP contribution is -2.35. The van der Waals surface area contributed by atoms with Crippen LogP contribution < -0.4 is 10.6 Å². The van der Waals surface area contributed by atoms with Crippen LogP contribution in [-0.2, 0) is 4.74 Å². The Kier molecular flexibility index (Phi) is 3.33. The van der Waals surface area contributed by atoms with Gasteiger partial charge in [0.05, 0.1) is 23.5 Å². The number of hydrogen-bond donors (Lipinski definition) is 3. The third-order valence-corrected chi connectivity index (χ3v) is 3.25. The summed E-state index contributed by atoms with van der Waals surface area (Å²) in [5.41, 5.74) is 1.65. The van der Waals surface area contributed by atoms with Gasteiger partial charge in [0.2, 0.25) is 0 Å². The van der Waals surface area contributed by atoms with Crippen molar-refractivity contribution in [1.82, 2.24) is 15.5 Å². The maximum absolute atomic E-state index is 11.8. The van der Waals surface area contributed by atoms with Gasteiger partial charge in [0.25, 0.3) is 0 Å². The zero-order valence-electron chi connectivity index (χ0n) is 10.5. The highest BCUT2D eigenvalue weighted by molar-refractivity contribution is 6.00. The van der Waals surface area contributed by atoms with E-state index >= 15 is 0 Å². The molecule has 0 saturated carbocycles. The molecule has 0 bridgehead atoms. The molecule has 0 spiro atoms. The van der Waals surface area contributed by atoms with Crippen LogP contribution in [0.4, 0.5) is 10.5 Å². The van der Waals surface area contributed by atoms with E-state index in [9.17, 15) is 4.79 Å². The summed E-state index contributed by atoms with van der Waals surface area (Å²) in [7, 11) is 0. The molecular formula is C13H16N4O2. The van der Waals surface area contributed by atoms with Crippen molar-refractivity contribution in [2.75, 3.05) is 18.5 Å². The van der Waals surface area contributed by atoms with E-state index in [-0.39, 0.29) is 12.1 Å². The third kappa shape index (κ3) is 2.68. The molecule has 1 aromatic heterocycles. The average Bonchev–Trinajstić information content (AvgIpc) is 3.08. The van der Waals surface area contributed by atoms with Gasteiger partial charge in [-0.2, -0.15) is 5.10 Å². The van der Waals surface area contributed by atoms with Crippen molar-refractivity contribution in [3.63, 3.8) is 0 Å². The van der Waals surface area contributed by atoms with Gasteiger partial charge in [-0.05, 0) is 25.0 Å². The standard InChI is InChI=1S/C13H16N4O2/c18-13(14-7-9-3-2-6-19-9)16-11-4-1-5-12-10(11)8-15-17-12/h1,4-5,8-9H,2-3,6-7H2,(H,15,17)(H2,14,16,18)/t9-/m1/s1. The number of anilines is 1. The minimum Gasteiger partial charge on any atom is -0.376 e. The van der Waals surface area contributed by atoms with Gasteiger partial charge in [0, 0.05) is 18.5 Å². The molecule has 3 rings (SSSR count). The third-order valence-electron chi connectivity index (χ3n) is 3.25. The van der Waals surface area contributed by atoms with Crippen LogP contribution in [-0.4, -0.2) is 35.5 Å². The van der Waals surface area contributed by atoms with Crippen molar-refractivity contribution in [3.05, 3.63) is 24.4 Å². The van der Waals surface area contributed by atoms with Crippen LogP contribution in [0.15, 0.2) is 24.4 Å². The van der Waals surface area contributed by atoms with Gasteiger partial charge < -0.3 is 15.4 Å². The normalized spacial score (nSPS) is 18.6. The number of hydrogen-bond acceptors (Lipinski definition) is 3. The zero-order valence-corrected chi connectivity index (χ0v) is 10.5. The molecule has 1 aromatic carbocycles. The van der Waals surface area contributed by atoms with Crippen molar-refractivity contribution in [3.8, 4) is 0 Å². The molecule has 0 radical (unpaired) electrons. The van der Waals surface area contributed by atoms with Gasteiger partial charge in [-0.15, -0.1) is 0 Å². The maximum atomic E-state index is 11.8. The average molecular weight is 260 g/mol. The van der Waals surface area contributed by atoms with Gasteiger partial charge in [-0.1, -0.05) is 6.07 Å². The van der Waals surface area contributed by atoms with Crippen molar-refractivity contribution in [1.29, 1.82) is 0 Å². The van der Waals surface area contributed by atoms with Gasteiger partial charge in [-0.3, -0.25) is 5.10 Å². The summed E-state index contributed by atoms with van der Waals surface area (Å²) in [6, 6.07) is 5.42. The molecule has 1 aliphatic heterocycles. The number of urea groups is 1. The Balaban J connectivity index is 1.60. The second-order valence-corrected chi connectivity index (χ2v) is 4.61. The van der Waals surface area contributed by atoms with Gasteiger partial charge >= 0.3 is 6.03 Å². The second kappa shape index (κ2) is 5.27.